The highest BCUT2D eigenvalue weighted by molar-refractivity contribution is 5.48. The molecule has 1 atom stereocenters. The molecule has 1 aromatic carbocycles. The monoisotopic (exact) mass is 230 g/mol. The first-order chi connectivity index (χ1) is 8.29. The maximum absolute atomic E-state index is 8.73. The van der Waals surface area contributed by atoms with Crippen molar-refractivity contribution in [1.29, 1.82) is 5.26 Å². The largest absolute Gasteiger partial charge is 0.378 e. The van der Waals surface area contributed by atoms with Crippen molar-refractivity contribution in [2.45, 2.75) is 25.4 Å². The molecule has 2 rings (SSSR count). The van der Waals surface area contributed by atoms with Crippen LogP contribution in [-0.4, -0.2) is 26.3 Å². The molecule has 1 unspecified atom stereocenters. The molecule has 90 valence electrons. The van der Waals surface area contributed by atoms with Crippen LogP contribution in [0.1, 0.15) is 24.8 Å². The molecule has 1 aliphatic rings. The predicted octanol–water partition coefficient (Wildman–Crippen LogP) is 2.56. The van der Waals surface area contributed by atoms with Gasteiger partial charge in [0.15, 0.2) is 0 Å². The predicted molar refractivity (Wildman–Crippen MR) is 68.0 cm³/mol. The molecule has 1 fully saturated rings. The topological polar surface area (TPSA) is 36.3 Å². The van der Waals surface area contributed by atoms with Crippen molar-refractivity contribution >= 4 is 5.69 Å². The van der Waals surface area contributed by atoms with Gasteiger partial charge in [-0.05, 0) is 43.5 Å². The zero-order valence-corrected chi connectivity index (χ0v) is 10.2. The Morgan fingerprint density at radius 1 is 1.41 bits per heavy atom. The molecule has 17 heavy (non-hydrogen) atoms. The van der Waals surface area contributed by atoms with Crippen LogP contribution < -0.4 is 4.90 Å². The van der Waals surface area contributed by atoms with Gasteiger partial charge in [-0.1, -0.05) is 0 Å². The third-order valence-electron chi connectivity index (χ3n) is 3.25. The second-order valence-corrected chi connectivity index (χ2v) is 4.50. The number of nitriles is 1. The van der Waals surface area contributed by atoms with Crippen molar-refractivity contribution in [2.75, 3.05) is 25.1 Å². The minimum atomic E-state index is 0.441. The Morgan fingerprint density at radius 2 is 2.18 bits per heavy atom. The lowest BCUT2D eigenvalue weighted by atomic mass is 10.1. The Kier molecular flexibility index (Phi) is 4.00. The zero-order valence-electron chi connectivity index (χ0n) is 10.2. The van der Waals surface area contributed by atoms with Crippen LogP contribution in [0, 0.1) is 11.3 Å². The fourth-order valence-corrected chi connectivity index (χ4v) is 2.13. The summed E-state index contributed by atoms with van der Waals surface area (Å²) in [6.45, 7) is 1.92. The summed E-state index contributed by atoms with van der Waals surface area (Å²) in [5.74, 6) is 0. The van der Waals surface area contributed by atoms with E-state index in [0.29, 0.717) is 11.7 Å². The summed E-state index contributed by atoms with van der Waals surface area (Å²) >= 11 is 0. The van der Waals surface area contributed by atoms with E-state index in [4.69, 9.17) is 10.00 Å². The minimum absolute atomic E-state index is 0.441. The van der Waals surface area contributed by atoms with Gasteiger partial charge in [-0.15, -0.1) is 0 Å². The molecule has 0 N–H and O–H groups in total. The van der Waals surface area contributed by atoms with E-state index in [1.54, 1.807) is 0 Å². The molecule has 1 aliphatic heterocycles. The van der Waals surface area contributed by atoms with Gasteiger partial charge in [0.2, 0.25) is 0 Å². The lowest BCUT2D eigenvalue weighted by Gasteiger charge is -2.21. The summed E-state index contributed by atoms with van der Waals surface area (Å²) in [5.41, 5.74) is 1.86. The summed E-state index contributed by atoms with van der Waals surface area (Å²) in [7, 11) is 2.08. The number of nitrogens with zero attached hydrogens (tertiary/aromatic N) is 2. The maximum Gasteiger partial charge on any atom is 0.0991 e. The summed E-state index contributed by atoms with van der Waals surface area (Å²) in [4.78, 5) is 2.21. The molecule has 0 amide bonds. The third kappa shape index (κ3) is 3.21. The van der Waals surface area contributed by atoms with Gasteiger partial charge in [0.25, 0.3) is 0 Å². The number of ether oxygens (including phenoxy) is 1. The molecule has 1 aromatic rings. The van der Waals surface area contributed by atoms with E-state index in [-0.39, 0.29) is 0 Å². The minimum Gasteiger partial charge on any atom is -0.378 e. The van der Waals surface area contributed by atoms with E-state index in [2.05, 4.69) is 18.0 Å². The normalized spacial score (nSPS) is 18.9. The van der Waals surface area contributed by atoms with E-state index in [1.165, 1.54) is 12.8 Å². The van der Waals surface area contributed by atoms with Gasteiger partial charge >= 0.3 is 0 Å². The molecular formula is C14H18N2O. The lowest BCUT2D eigenvalue weighted by molar-refractivity contribution is 0.106. The number of hydrogen-bond donors (Lipinski definition) is 0. The molecule has 1 saturated heterocycles. The Bertz CT molecular complexity index is 388. The SMILES string of the molecule is CN(CCC1CCCO1)c1ccc(C#N)cc1. The molecule has 0 radical (unpaired) electrons. The van der Waals surface area contributed by atoms with Gasteiger partial charge in [-0.3, -0.25) is 0 Å². The van der Waals surface area contributed by atoms with Crippen molar-refractivity contribution in [3.05, 3.63) is 29.8 Å². The lowest BCUT2D eigenvalue weighted by Crippen LogP contribution is -2.22. The van der Waals surface area contributed by atoms with Crippen LogP contribution in [0.2, 0.25) is 0 Å². The maximum atomic E-state index is 8.73. The highest BCUT2D eigenvalue weighted by Crippen LogP contribution is 2.18. The summed E-state index contributed by atoms with van der Waals surface area (Å²) < 4.78 is 5.61. The van der Waals surface area contributed by atoms with E-state index in [0.717, 1.165) is 25.3 Å². The molecule has 1 heterocycles. The second kappa shape index (κ2) is 5.70. The molecule has 3 nitrogen and oxygen atoms in total. The van der Waals surface area contributed by atoms with Crippen molar-refractivity contribution < 1.29 is 4.74 Å². The van der Waals surface area contributed by atoms with Crippen LogP contribution in [0.15, 0.2) is 24.3 Å². The van der Waals surface area contributed by atoms with Crippen molar-refractivity contribution in [2.24, 2.45) is 0 Å². The van der Waals surface area contributed by atoms with Crippen LogP contribution in [0.4, 0.5) is 5.69 Å². The fraction of sp³-hybridized carbons (Fsp3) is 0.500. The van der Waals surface area contributed by atoms with Crippen LogP contribution in [0.5, 0.6) is 0 Å². The van der Waals surface area contributed by atoms with Crippen molar-refractivity contribution in [3.63, 3.8) is 0 Å². The third-order valence-corrected chi connectivity index (χ3v) is 3.25. The standard InChI is InChI=1S/C14H18N2O/c1-16(9-8-14-3-2-10-17-14)13-6-4-12(11-15)5-7-13/h4-7,14H,2-3,8-10H2,1H3. The Hall–Kier alpha value is -1.53. The van der Waals surface area contributed by atoms with E-state index >= 15 is 0 Å². The average molecular weight is 230 g/mol. The summed E-state index contributed by atoms with van der Waals surface area (Å²) in [6.07, 6.45) is 3.92. The molecule has 3 heteroatoms. The van der Waals surface area contributed by atoms with Gasteiger partial charge < -0.3 is 9.64 Å². The first kappa shape index (κ1) is 11.9. The van der Waals surface area contributed by atoms with E-state index in [9.17, 15) is 0 Å². The quantitative estimate of drug-likeness (QED) is 0.797. The zero-order chi connectivity index (χ0) is 12.1. The Labute approximate surface area is 103 Å². The summed E-state index contributed by atoms with van der Waals surface area (Å²) in [6, 6.07) is 9.84. The molecule has 0 aromatic heterocycles. The van der Waals surface area contributed by atoms with Crippen LogP contribution in [-0.2, 0) is 4.74 Å². The molecule has 0 aliphatic carbocycles. The Balaban J connectivity index is 1.85. The highest BCUT2D eigenvalue weighted by Gasteiger charge is 2.15. The van der Waals surface area contributed by atoms with E-state index in [1.807, 2.05) is 24.3 Å². The van der Waals surface area contributed by atoms with Crippen LogP contribution >= 0.6 is 0 Å². The van der Waals surface area contributed by atoms with Crippen LogP contribution in [0.3, 0.4) is 0 Å². The average Bonchev–Trinajstić information content (AvgIpc) is 2.89. The molecule has 0 saturated carbocycles. The number of benzene rings is 1. The Morgan fingerprint density at radius 3 is 2.76 bits per heavy atom. The summed E-state index contributed by atoms with van der Waals surface area (Å²) in [5, 5.41) is 8.73. The van der Waals surface area contributed by atoms with Gasteiger partial charge in [0.1, 0.15) is 0 Å². The second-order valence-electron chi connectivity index (χ2n) is 4.50. The molecular weight excluding hydrogens is 212 g/mol. The molecule has 0 spiro atoms. The van der Waals surface area contributed by atoms with Crippen molar-refractivity contribution in [3.8, 4) is 6.07 Å². The number of hydrogen-bond acceptors (Lipinski definition) is 3. The molecule has 0 bridgehead atoms. The fourth-order valence-electron chi connectivity index (χ4n) is 2.13. The van der Waals surface area contributed by atoms with Gasteiger partial charge in [-0.2, -0.15) is 5.26 Å². The van der Waals surface area contributed by atoms with Crippen molar-refractivity contribution in [1.82, 2.24) is 0 Å². The van der Waals surface area contributed by atoms with Gasteiger partial charge in [0, 0.05) is 25.9 Å². The van der Waals surface area contributed by atoms with E-state index < -0.39 is 0 Å². The number of rotatable bonds is 4. The smallest absolute Gasteiger partial charge is 0.0991 e. The van der Waals surface area contributed by atoms with Gasteiger partial charge in [-0.25, -0.2) is 0 Å². The van der Waals surface area contributed by atoms with Crippen LogP contribution in [0.25, 0.3) is 0 Å². The van der Waals surface area contributed by atoms with Gasteiger partial charge in [0.05, 0.1) is 17.7 Å². The first-order valence-corrected chi connectivity index (χ1v) is 6.12. The highest BCUT2D eigenvalue weighted by atomic mass is 16.5. The first-order valence-electron chi connectivity index (χ1n) is 6.12. The number of anilines is 1.